The lowest BCUT2D eigenvalue weighted by molar-refractivity contribution is -0.150. The maximum atomic E-state index is 13.9. The second kappa shape index (κ2) is 3.66. The topological polar surface area (TPSA) is 74.6 Å². The van der Waals surface area contributed by atoms with Crippen LogP contribution in [-0.4, -0.2) is 27.8 Å². The van der Waals surface area contributed by atoms with Gasteiger partial charge in [-0.25, -0.2) is 14.0 Å². The Labute approximate surface area is 89.7 Å². The molecule has 0 spiro atoms. The Morgan fingerprint density at radius 1 is 1.53 bits per heavy atom. The number of aliphatic carboxylic acids is 2. The lowest BCUT2D eigenvalue weighted by atomic mass is 9.81. The minimum absolute atomic E-state index is 0.226. The quantitative estimate of drug-likeness (QED) is 0.760. The molecule has 0 heterocycles. The standard InChI is InChI=1S/C9H8ClFO4/c1-4-6(7(12)13)2-5(10)3-9(4,11)8(14)15/h2-4H,1H3,(H,12,13)(H,14,15). The zero-order chi connectivity index (χ0) is 11.8. The molecule has 0 amide bonds. The first-order valence-electron chi connectivity index (χ1n) is 4.04. The van der Waals surface area contributed by atoms with Crippen LogP contribution in [0.5, 0.6) is 0 Å². The van der Waals surface area contributed by atoms with E-state index in [9.17, 15) is 14.0 Å². The van der Waals surface area contributed by atoms with Gasteiger partial charge >= 0.3 is 11.9 Å². The van der Waals surface area contributed by atoms with Gasteiger partial charge in [-0.1, -0.05) is 18.5 Å². The van der Waals surface area contributed by atoms with Crippen LogP contribution < -0.4 is 0 Å². The molecule has 2 unspecified atom stereocenters. The molecule has 2 N–H and O–H groups in total. The second-order valence-corrected chi connectivity index (χ2v) is 3.67. The van der Waals surface area contributed by atoms with Crippen molar-refractivity contribution in [2.45, 2.75) is 12.6 Å². The molecule has 0 aliphatic heterocycles. The minimum Gasteiger partial charge on any atom is -0.479 e. The Hall–Kier alpha value is -1.36. The van der Waals surface area contributed by atoms with Crippen LogP contribution in [-0.2, 0) is 9.59 Å². The highest BCUT2D eigenvalue weighted by Gasteiger charge is 2.47. The average molecular weight is 235 g/mol. The molecule has 0 aromatic rings. The van der Waals surface area contributed by atoms with E-state index >= 15 is 0 Å². The summed E-state index contributed by atoms with van der Waals surface area (Å²) in [5.74, 6) is -4.41. The number of allylic oxidation sites excluding steroid dienone is 2. The molecule has 4 nitrogen and oxygen atoms in total. The van der Waals surface area contributed by atoms with Crippen LogP contribution in [0.4, 0.5) is 4.39 Å². The van der Waals surface area contributed by atoms with Crippen LogP contribution in [0.2, 0.25) is 0 Å². The third-order valence-electron chi connectivity index (χ3n) is 2.31. The molecule has 0 bridgehead atoms. The molecule has 0 saturated carbocycles. The fraction of sp³-hybridized carbons (Fsp3) is 0.333. The smallest absolute Gasteiger partial charge is 0.346 e. The molecule has 0 fully saturated rings. The van der Waals surface area contributed by atoms with Crippen LogP contribution in [0, 0.1) is 5.92 Å². The highest BCUT2D eigenvalue weighted by atomic mass is 35.5. The third-order valence-corrected chi connectivity index (χ3v) is 2.53. The molecule has 2 atom stereocenters. The molecule has 0 radical (unpaired) electrons. The number of hydrogen-bond acceptors (Lipinski definition) is 2. The lowest BCUT2D eigenvalue weighted by Gasteiger charge is -2.28. The molecule has 0 aromatic heterocycles. The molecule has 1 aliphatic rings. The predicted octanol–water partition coefficient (Wildman–Crippen LogP) is 1.56. The van der Waals surface area contributed by atoms with Crippen LogP contribution in [0.15, 0.2) is 22.8 Å². The SMILES string of the molecule is CC1C(C(=O)O)=CC(Cl)=CC1(F)C(=O)O. The van der Waals surface area contributed by atoms with E-state index in [1.54, 1.807) is 0 Å². The van der Waals surface area contributed by atoms with Gasteiger partial charge in [-0.2, -0.15) is 0 Å². The summed E-state index contributed by atoms with van der Waals surface area (Å²) in [6, 6.07) is 0. The molecule has 0 saturated heterocycles. The zero-order valence-electron chi connectivity index (χ0n) is 7.70. The highest BCUT2D eigenvalue weighted by Crippen LogP contribution is 2.37. The van der Waals surface area contributed by atoms with Crippen molar-refractivity contribution in [3.05, 3.63) is 22.8 Å². The second-order valence-electron chi connectivity index (χ2n) is 3.23. The first-order chi connectivity index (χ1) is 6.79. The van der Waals surface area contributed by atoms with Crippen molar-refractivity contribution in [1.82, 2.24) is 0 Å². The van der Waals surface area contributed by atoms with E-state index in [0.29, 0.717) is 6.08 Å². The van der Waals surface area contributed by atoms with E-state index in [1.165, 1.54) is 6.92 Å². The largest absolute Gasteiger partial charge is 0.479 e. The Kier molecular flexibility index (Phi) is 2.86. The molecule has 82 valence electrons. The summed E-state index contributed by atoms with van der Waals surface area (Å²) in [5.41, 5.74) is -3.12. The highest BCUT2D eigenvalue weighted by molar-refractivity contribution is 6.32. The van der Waals surface area contributed by atoms with Gasteiger partial charge in [0.15, 0.2) is 0 Å². The predicted molar refractivity (Wildman–Crippen MR) is 50.3 cm³/mol. The molecular weight excluding hydrogens is 227 g/mol. The fourth-order valence-corrected chi connectivity index (χ4v) is 1.64. The van der Waals surface area contributed by atoms with Crippen molar-refractivity contribution in [2.24, 2.45) is 5.92 Å². The Bertz CT molecular complexity index is 388. The number of carboxylic acids is 2. The number of rotatable bonds is 2. The maximum Gasteiger partial charge on any atom is 0.346 e. The summed E-state index contributed by atoms with van der Waals surface area (Å²) in [6.07, 6.45) is 1.75. The number of halogens is 2. The van der Waals surface area contributed by atoms with Gasteiger partial charge in [0.2, 0.25) is 5.67 Å². The monoisotopic (exact) mass is 234 g/mol. The van der Waals surface area contributed by atoms with Crippen LogP contribution >= 0.6 is 11.6 Å². The van der Waals surface area contributed by atoms with Gasteiger partial charge in [-0.3, -0.25) is 0 Å². The lowest BCUT2D eigenvalue weighted by Crippen LogP contribution is -2.42. The molecule has 1 rings (SSSR count). The van der Waals surface area contributed by atoms with Crippen molar-refractivity contribution in [3.63, 3.8) is 0 Å². The first kappa shape index (κ1) is 11.7. The molecular formula is C9H8ClFO4. The van der Waals surface area contributed by atoms with Crippen LogP contribution in [0.1, 0.15) is 6.92 Å². The summed E-state index contributed by atoms with van der Waals surface area (Å²) < 4.78 is 13.9. The molecule has 0 aromatic carbocycles. The van der Waals surface area contributed by atoms with Crippen molar-refractivity contribution < 1.29 is 24.2 Å². The van der Waals surface area contributed by atoms with Crippen molar-refractivity contribution in [3.8, 4) is 0 Å². The summed E-state index contributed by atoms with van der Waals surface area (Å²) in [6.45, 7) is 1.19. The van der Waals surface area contributed by atoms with E-state index in [1.807, 2.05) is 0 Å². The molecule has 6 heteroatoms. The first-order valence-corrected chi connectivity index (χ1v) is 4.42. The maximum absolute atomic E-state index is 13.9. The Morgan fingerprint density at radius 3 is 2.47 bits per heavy atom. The third kappa shape index (κ3) is 1.87. The molecule has 15 heavy (non-hydrogen) atoms. The average Bonchev–Trinajstić information content (AvgIpc) is 2.10. The van der Waals surface area contributed by atoms with E-state index < -0.39 is 23.5 Å². The van der Waals surface area contributed by atoms with Gasteiger partial charge < -0.3 is 10.2 Å². The van der Waals surface area contributed by atoms with Gasteiger partial charge in [-0.05, 0) is 12.2 Å². The summed E-state index contributed by atoms with van der Waals surface area (Å²) in [4.78, 5) is 21.4. The van der Waals surface area contributed by atoms with Crippen LogP contribution in [0.25, 0.3) is 0 Å². The van der Waals surface area contributed by atoms with Crippen molar-refractivity contribution >= 4 is 23.5 Å². The number of carboxylic acid groups (broad SMARTS) is 2. The van der Waals surface area contributed by atoms with E-state index in [0.717, 1.165) is 6.08 Å². The van der Waals surface area contributed by atoms with E-state index in [4.69, 9.17) is 21.8 Å². The fourth-order valence-electron chi connectivity index (χ4n) is 1.36. The summed E-state index contributed by atoms with van der Waals surface area (Å²) >= 11 is 5.47. The van der Waals surface area contributed by atoms with Crippen LogP contribution in [0.3, 0.4) is 0 Å². The minimum atomic E-state index is -2.76. The number of carbonyl (C=O) groups is 2. The van der Waals surface area contributed by atoms with Gasteiger partial charge in [0.25, 0.3) is 0 Å². The summed E-state index contributed by atoms with van der Waals surface area (Å²) in [7, 11) is 0. The van der Waals surface area contributed by atoms with E-state index in [2.05, 4.69) is 0 Å². The number of hydrogen-bond donors (Lipinski definition) is 2. The number of alkyl halides is 1. The molecule has 1 aliphatic carbocycles. The van der Waals surface area contributed by atoms with Gasteiger partial charge in [-0.15, -0.1) is 0 Å². The zero-order valence-corrected chi connectivity index (χ0v) is 8.45. The normalized spacial score (nSPS) is 30.5. The summed E-state index contributed by atoms with van der Waals surface area (Å²) in [5, 5.41) is 17.2. The van der Waals surface area contributed by atoms with Gasteiger partial charge in [0.05, 0.1) is 0 Å². The van der Waals surface area contributed by atoms with E-state index in [-0.39, 0.29) is 10.6 Å². The van der Waals surface area contributed by atoms with Gasteiger partial charge in [0.1, 0.15) is 0 Å². The Morgan fingerprint density at radius 2 is 2.07 bits per heavy atom. The van der Waals surface area contributed by atoms with Crippen molar-refractivity contribution in [1.29, 1.82) is 0 Å². The van der Waals surface area contributed by atoms with Gasteiger partial charge in [0, 0.05) is 16.5 Å². The van der Waals surface area contributed by atoms with Crippen molar-refractivity contribution in [2.75, 3.05) is 0 Å². The Balaban J connectivity index is 3.26.